The maximum atomic E-state index is 12.7. The van der Waals surface area contributed by atoms with Crippen molar-refractivity contribution in [3.8, 4) is 0 Å². The van der Waals surface area contributed by atoms with E-state index in [1.165, 1.54) is 30.6 Å². The number of fused-ring (bicyclic) bond motifs is 5. The Morgan fingerprint density at radius 3 is 2.26 bits per heavy atom. The molecule has 1 saturated heterocycles. The van der Waals surface area contributed by atoms with Crippen molar-refractivity contribution in [2.24, 2.45) is 28.7 Å². The first-order chi connectivity index (χ1) is 14.5. The number of amides is 2. The van der Waals surface area contributed by atoms with Crippen molar-refractivity contribution in [2.45, 2.75) is 45.4 Å². The molecule has 0 radical (unpaired) electrons. The molecule has 31 heavy (non-hydrogen) atoms. The number of nitrogens with one attached hydrogen (secondary N) is 2. The van der Waals surface area contributed by atoms with E-state index < -0.39 is 0 Å². The highest BCUT2D eigenvalue weighted by molar-refractivity contribution is 14.0. The average molecular weight is 546 g/mol. The van der Waals surface area contributed by atoms with Crippen LogP contribution in [0.5, 0.6) is 0 Å². The number of likely N-dealkylation sites (tertiary alicyclic amines) is 1. The predicted molar refractivity (Wildman–Crippen MR) is 135 cm³/mol. The van der Waals surface area contributed by atoms with E-state index >= 15 is 0 Å². The molecule has 1 heterocycles. The Bertz CT molecular complexity index is 636. The van der Waals surface area contributed by atoms with Gasteiger partial charge in [0, 0.05) is 26.2 Å². The van der Waals surface area contributed by atoms with Gasteiger partial charge in [-0.15, -0.1) is 24.0 Å². The summed E-state index contributed by atoms with van der Waals surface area (Å²) in [5.74, 6) is 1.16. The second-order valence-electron chi connectivity index (χ2n) is 9.09. The molecule has 7 nitrogen and oxygen atoms in total. The van der Waals surface area contributed by atoms with Crippen molar-refractivity contribution in [3.05, 3.63) is 12.2 Å². The van der Waals surface area contributed by atoms with Crippen molar-refractivity contribution in [1.29, 1.82) is 0 Å². The molecule has 2 amide bonds. The zero-order valence-corrected chi connectivity index (χ0v) is 21.6. The minimum Gasteiger partial charge on any atom is -0.357 e. The number of carbonyl (C=O) groups is 2. The molecule has 0 aromatic carbocycles. The molecular weight excluding hydrogens is 505 g/mol. The Morgan fingerprint density at radius 2 is 1.65 bits per heavy atom. The van der Waals surface area contributed by atoms with Crippen molar-refractivity contribution in [3.63, 3.8) is 0 Å². The maximum absolute atomic E-state index is 12.7. The quantitative estimate of drug-likeness (QED) is 0.0985. The summed E-state index contributed by atoms with van der Waals surface area (Å²) in [5.41, 5.74) is 0. The number of carbonyl (C=O) groups excluding carboxylic acids is 2. The molecule has 0 aromatic heterocycles. The lowest BCUT2D eigenvalue weighted by Crippen LogP contribution is -2.43. The van der Waals surface area contributed by atoms with Crippen molar-refractivity contribution < 1.29 is 9.59 Å². The molecule has 4 unspecified atom stereocenters. The fraction of sp³-hybridized carbons (Fsp3) is 0.783. The van der Waals surface area contributed by atoms with Gasteiger partial charge in [-0.1, -0.05) is 31.4 Å². The molecule has 0 aromatic rings. The van der Waals surface area contributed by atoms with Crippen LogP contribution >= 0.6 is 24.0 Å². The van der Waals surface area contributed by atoms with Gasteiger partial charge in [0.25, 0.3) is 0 Å². The maximum Gasteiger partial charge on any atom is 0.233 e. The van der Waals surface area contributed by atoms with Crippen LogP contribution in [0.15, 0.2) is 17.1 Å². The van der Waals surface area contributed by atoms with Gasteiger partial charge in [0.2, 0.25) is 11.8 Å². The highest BCUT2D eigenvalue weighted by atomic mass is 127. The molecule has 176 valence electrons. The topological polar surface area (TPSA) is 77.0 Å². The molecular formula is C23H40IN5O2. The first-order valence-electron chi connectivity index (χ1n) is 11.7. The number of guanidine groups is 1. The van der Waals surface area contributed by atoms with Crippen LogP contribution in [-0.2, 0) is 9.59 Å². The largest absolute Gasteiger partial charge is 0.357 e. The SMILES string of the molecule is CCNC(=NCCCCCCCN(C)C)NCCN1C(=O)C2C3C=CC(C3)C2C1=O.I. The van der Waals surface area contributed by atoms with Crippen molar-refractivity contribution in [2.75, 3.05) is 46.8 Å². The summed E-state index contributed by atoms with van der Waals surface area (Å²) in [4.78, 5) is 33.8. The smallest absolute Gasteiger partial charge is 0.233 e. The van der Waals surface area contributed by atoms with Gasteiger partial charge in [0.1, 0.15) is 0 Å². The highest BCUT2D eigenvalue weighted by Crippen LogP contribution is 2.52. The number of allylic oxidation sites excluding steroid dienone is 2. The fourth-order valence-corrected chi connectivity index (χ4v) is 5.07. The lowest BCUT2D eigenvalue weighted by molar-refractivity contribution is -0.140. The summed E-state index contributed by atoms with van der Waals surface area (Å²) in [5, 5.41) is 6.54. The van der Waals surface area contributed by atoms with Crippen LogP contribution in [0.25, 0.3) is 0 Å². The summed E-state index contributed by atoms with van der Waals surface area (Å²) in [6, 6.07) is 0. The fourth-order valence-electron chi connectivity index (χ4n) is 5.07. The number of aliphatic imine (C=N–C) groups is 1. The minimum atomic E-state index is -0.105. The van der Waals surface area contributed by atoms with Crippen LogP contribution in [0.4, 0.5) is 0 Å². The van der Waals surface area contributed by atoms with E-state index in [9.17, 15) is 9.59 Å². The Labute approximate surface area is 204 Å². The van der Waals surface area contributed by atoms with Crippen LogP contribution in [-0.4, -0.2) is 74.4 Å². The third kappa shape index (κ3) is 6.66. The predicted octanol–water partition coefficient (Wildman–Crippen LogP) is 2.48. The van der Waals surface area contributed by atoms with E-state index in [0.717, 1.165) is 38.4 Å². The van der Waals surface area contributed by atoms with Crippen molar-refractivity contribution in [1.82, 2.24) is 20.4 Å². The Kier molecular flexibility index (Phi) is 10.7. The zero-order chi connectivity index (χ0) is 21.5. The second kappa shape index (κ2) is 12.8. The minimum absolute atomic E-state index is 0. The number of rotatable bonds is 12. The second-order valence-corrected chi connectivity index (χ2v) is 9.09. The number of hydrogen-bond acceptors (Lipinski definition) is 4. The van der Waals surface area contributed by atoms with Gasteiger partial charge in [-0.25, -0.2) is 0 Å². The number of unbranched alkanes of at least 4 members (excludes halogenated alkanes) is 4. The van der Waals surface area contributed by atoms with E-state index in [1.807, 2.05) is 6.92 Å². The Morgan fingerprint density at radius 1 is 1.03 bits per heavy atom. The van der Waals surface area contributed by atoms with Gasteiger partial charge in [-0.2, -0.15) is 0 Å². The Balaban J connectivity index is 0.00000341. The summed E-state index contributed by atoms with van der Waals surface area (Å²) in [7, 11) is 4.23. The highest BCUT2D eigenvalue weighted by Gasteiger charge is 2.58. The average Bonchev–Trinajstić information content (AvgIpc) is 3.39. The van der Waals surface area contributed by atoms with Gasteiger partial charge < -0.3 is 15.5 Å². The van der Waals surface area contributed by atoms with E-state index in [-0.39, 0.29) is 59.5 Å². The molecule has 2 fully saturated rings. The molecule has 3 aliphatic rings. The van der Waals surface area contributed by atoms with Gasteiger partial charge in [-0.05, 0) is 58.7 Å². The van der Waals surface area contributed by atoms with Crippen LogP contribution in [0, 0.1) is 23.7 Å². The molecule has 2 N–H and O–H groups in total. The lowest BCUT2D eigenvalue weighted by atomic mass is 9.85. The molecule has 0 spiro atoms. The van der Waals surface area contributed by atoms with Crippen LogP contribution < -0.4 is 10.6 Å². The monoisotopic (exact) mass is 545 g/mol. The molecule has 4 atom stereocenters. The van der Waals surface area contributed by atoms with Crippen LogP contribution in [0.2, 0.25) is 0 Å². The van der Waals surface area contributed by atoms with Crippen molar-refractivity contribution >= 4 is 41.8 Å². The molecule has 8 heteroatoms. The van der Waals surface area contributed by atoms with E-state index in [4.69, 9.17) is 0 Å². The standard InChI is InChI=1S/C23H39N5O2.HI/c1-4-24-23(25-12-8-6-5-7-9-14-27(2)3)26-13-15-28-21(29)19-17-10-11-18(16-17)20(19)22(28)30;/h10-11,17-20H,4-9,12-16H2,1-3H3,(H2,24,25,26);1H. The first kappa shape index (κ1) is 26.1. The summed E-state index contributed by atoms with van der Waals surface area (Å²) < 4.78 is 0. The summed E-state index contributed by atoms with van der Waals surface area (Å²) in [6.07, 6.45) is 11.3. The van der Waals surface area contributed by atoms with Crippen LogP contribution in [0.1, 0.15) is 45.4 Å². The molecule has 3 rings (SSSR count). The number of hydrogen-bond donors (Lipinski definition) is 2. The molecule has 1 saturated carbocycles. The number of halogens is 1. The van der Waals surface area contributed by atoms with Gasteiger partial charge in [0.05, 0.1) is 11.8 Å². The first-order valence-corrected chi connectivity index (χ1v) is 11.7. The molecule has 2 aliphatic carbocycles. The van der Waals surface area contributed by atoms with Gasteiger partial charge >= 0.3 is 0 Å². The van der Waals surface area contributed by atoms with Gasteiger partial charge in [-0.3, -0.25) is 19.5 Å². The number of imide groups is 1. The number of nitrogens with zero attached hydrogens (tertiary/aromatic N) is 3. The van der Waals surface area contributed by atoms with E-state index in [0.29, 0.717) is 13.1 Å². The van der Waals surface area contributed by atoms with E-state index in [2.05, 4.69) is 46.8 Å². The summed E-state index contributed by atoms with van der Waals surface area (Å²) in [6.45, 7) is 5.74. The normalized spacial score (nSPS) is 26.6. The van der Waals surface area contributed by atoms with E-state index in [1.54, 1.807) is 0 Å². The van der Waals surface area contributed by atoms with Crippen LogP contribution in [0.3, 0.4) is 0 Å². The lowest BCUT2D eigenvalue weighted by Gasteiger charge is -2.18. The zero-order valence-electron chi connectivity index (χ0n) is 19.3. The molecule has 1 aliphatic heterocycles. The third-order valence-electron chi connectivity index (χ3n) is 6.57. The molecule has 2 bridgehead atoms. The summed E-state index contributed by atoms with van der Waals surface area (Å²) >= 11 is 0. The Hall–Kier alpha value is -1.16. The third-order valence-corrected chi connectivity index (χ3v) is 6.57. The van der Waals surface area contributed by atoms with Gasteiger partial charge in [0.15, 0.2) is 5.96 Å².